The zero-order valence-corrected chi connectivity index (χ0v) is 18.8. The molecule has 1 saturated heterocycles. The fraction of sp³-hybridized carbons (Fsp3) is 0.421. The predicted molar refractivity (Wildman–Crippen MR) is 102 cm³/mol. The molecule has 164 valence electrons. The minimum Gasteiger partial charge on any atom is -1.00 e. The maximum Gasteiger partial charge on any atom is 0.327 e. The molecule has 2 aliphatic rings. The molecule has 1 fully saturated rings. The monoisotopic (exact) mass is 473 g/mol. The fourth-order valence-corrected chi connectivity index (χ4v) is 5.55. The van der Waals surface area contributed by atoms with Gasteiger partial charge in [-0.05, 0) is 31.0 Å². The van der Waals surface area contributed by atoms with Crippen LogP contribution in [0.5, 0.6) is 0 Å². The Labute approximate surface area is 189 Å². The second-order valence-corrected chi connectivity index (χ2v) is 9.09. The Hall–Kier alpha value is -1.78. The summed E-state index contributed by atoms with van der Waals surface area (Å²) in [6.07, 6.45) is 5.13. The maximum absolute atomic E-state index is 12.5. The molecular weight excluding hydrogens is 449 g/mol. The molecular formula is C19H25Cl2N5O3S. The topological polar surface area (TPSA) is 89.1 Å². The van der Waals surface area contributed by atoms with Crippen LogP contribution in [0.15, 0.2) is 47.6 Å². The molecule has 4 rings (SSSR count). The quantitative estimate of drug-likeness (QED) is 0.407. The number of aromatic nitrogens is 2. The molecule has 2 aliphatic heterocycles. The Morgan fingerprint density at radius 2 is 1.60 bits per heavy atom. The van der Waals surface area contributed by atoms with Crippen molar-refractivity contribution in [3.8, 4) is 0 Å². The SMILES string of the molecule is O=C1c2ccccc2S(=O)(=O)N1CCCC[NH+]1CC[NH+](c2ncccn2)CC1.[Cl-].[Cl-]. The summed E-state index contributed by atoms with van der Waals surface area (Å²) in [5.41, 5.74) is 0.287. The molecule has 0 radical (unpaired) electrons. The van der Waals surface area contributed by atoms with E-state index < -0.39 is 15.9 Å². The van der Waals surface area contributed by atoms with Crippen LogP contribution in [0.3, 0.4) is 0 Å². The largest absolute Gasteiger partial charge is 1.00 e. The Morgan fingerprint density at radius 1 is 0.933 bits per heavy atom. The van der Waals surface area contributed by atoms with Crippen molar-refractivity contribution in [2.24, 2.45) is 0 Å². The van der Waals surface area contributed by atoms with Gasteiger partial charge in [0.15, 0.2) is 0 Å². The number of carbonyl (C=O) groups excluding carboxylic acids is 1. The minimum absolute atomic E-state index is 0. The molecule has 3 heterocycles. The van der Waals surface area contributed by atoms with Gasteiger partial charge in [0.1, 0.15) is 31.1 Å². The molecule has 11 heteroatoms. The zero-order valence-electron chi connectivity index (χ0n) is 16.4. The van der Waals surface area contributed by atoms with Gasteiger partial charge in [-0.1, -0.05) is 12.1 Å². The van der Waals surface area contributed by atoms with Gasteiger partial charge in [-0.25, -0.2) is 12.7 Å². The molecule has 8 nitrogen and oxygen atoms in total. The van der Waals surface area contributed by atoms with Gasteiger partial charge in [0, 0.05) is 18.9 Å². The number of halogens is 2. The van der Waals surface area contributed by atoms with Crippen LogP contribution in [-0.4, -0.2) is 67.9 Å². The van der Waals surface area contributed by atoms with Crippen molar-refractivity contribution in [2.75, 3.05) is 39.3 Å². The molecule has 0 saturated carbocycles. The number of hydrogen-bond donors (Lipinski definition) is 2. The Bertz CT molecular complexity index is 954. The second kappa shape index (κ2) is 10.5. The minimum atomic E-state index is -3.68. The summed E-state index contributed by atoms with van der Waals surface area (Å²) in [4.78, 5) is 24.0. The van der Waals surface area contributed by atoms with Crippen molar-refractivity contribution in [1.82, 2.24) is 14.3 Å². The first-order valence-corrected chi connectivity index (χ1v) is 11.1. The van der Waals surface area contributed by atoms with Crippen LogP contribution < -0.4 is 34.6 Å². The molecule has 0 bridgehead atoms. The summed E-state index contributed by atoms with van der Waals surface area (Å²) >= 11 is 0. The predicted octanol–water partition coefficient (Wildman–Crippen LogP) is -7.48. The zero-order chi connectivity index (χ0) is 19.6. The first-order chi connectivity index (χ1) is 13.6. The van der Waals surface area contributed by atoms with Crippen LogP contribution in [-0.2, 0) is 10.0 Å². The lowest BCUT2D eigenvalue weighted by Crippen LogP contribution is -3.26. The van der Waals surface area contributed by atoms with E-state index in [-0.39, 0.29) is 41.8 Å². The van der Waals surface area contributed by atoms with E-state index >= 15 is 0 Å². The van der Waals surface area contributed by atoms with Crippen molar-refractivity contribution in [3.05, 3.63) is 48.3 Å². The number of fused-ring (bicyclic) bond motifs is 1. The Balaban J connectivity index is 0.00000160. The number of rotatable bonds is 6. The number of carbonyl (C=O) groups is 1. The molecule has 1 amide bonds. The highest BCUT2D eigenvalue weighted by atomic mass is 35.5. The van der Waals surface area contributed by atoms with E-state index in [2.05, 4.69) is 9.97 Å². The summed E-state index contributed by atoms with van der Waals surface area (Å²) < 4.78 is 26.1. The molecule has 0 spiro atoms. The smallest absolute Gasteiger partial charge is 0.327 e. The van der Waals surface area contributed by atoms with Crippen molar-refractivity contribution >= 4 is 21.9 Å². The van der Waals surface area contributed by atoms with E-state index in [4.69, 9.17) is 0 Å². The van der Waals surface area contributed by atoms with Crippen molar-refractivity contribution in [3.63, 3.8) is 0 Å². The lowest BCUT2D eigenvalue weighted by molar-refractivity contribution is -0.988. The molecule has 2 N–H and O–H groups in total. The Kier molecular flexibility index (Phi) is 8.57. The molecule has 30 heavy (non-hydrogen) atoms. The van der Waals surface area contributed by atoms with Gasteiger partial charge in [-0.3, -0.25) is 9.69 Å². The van der Waals surface area contributed by atoms with Crippen LogP contribution in [0.1, 0.15) is 23.2 Å². The number of nitrogens with zero attached hydrogens (tertiary/aromatic N) is 3. The molecule has 0 atom stereocenters. The van der Waals surface area contributed by atoms with Crippen LogP contribution >= 0.6 is 0 Å². The third kappa shape index (κ3) is 4.92. The van der Waals surface area contributed by atoms with E-state index in [1.54, 1.807) is 30.6 Å². The number of sulfonamides is 1. The second-order valence-electron chi connectivity index (χ2n) is 7.26. The first-order valence-electron chi connectivity index (χ1n) is 9.69. The number of unbranched alkanes of at least 4 members (excludes halogenated alkanes) is 1. The number of amides is 1. The number of hydrogen-bond acceptors (Lipinski definition) is 5. The van der Waals surface area contributed by atoms with Crippen molar-refractivity contribution in [1.29, 1.82) is 0 Å². The average Bonchev–Trinajstić information content (AvgIpc) is 2.93. The third-order valence-electron chi connectivity index (χ3n) is 5.50. The van der Waals surface area contributed by atoms with E-state index in [0.29, 0.717) is 6.42 Å². The third-order valence-corrected chi connectivity index (χ3v) is 7.34. The van der Waals surface area contributed by atoms with E-state index in [9.17, 15) is 13.2 Å². The van der Waals surface area contributed by atoms with E-state index in [0.717, 1.165) is 49.4 Å². The normalized spacial score (nSPS) is 22.0. The lowest BCUT2D eigenvalue weighted by Gasteiger charge is -2.28. The number of quaternary nitrogens is 2. The number of piperazine rings is 1. The fourth-order valence-electron chi connectivity index (χ4n) is 3.94. The summed E-state index contributed by atoms with van der Waals surface area (Å²) in [7, 11) is -3.68. The van der Waals surface area contributed by atoms with Crippen LogP contribution in [0.2, 0.25) is 0 Å². The molecule has 2 aromatic rings. The number of benzene rings is 1. The van der Waals surface area contributed by atoms with E-state index in [1.807, 2.05) is 6.07 Å². The van der Waals surface area contributed by atoms with Crippen molar-refractivity contribution in [2.45, 2.75) is 17.7 Å². The standard InChI is InChI=1S/C19H23N5O3S.2ClH/c25-18-16-6-1-2-7-17(16)28(26,27)24(18)11-4-3-10-22-12-14-23(15-13-22)19-20-8-5-9-21-19;;/h1-2,5-9H,3-4,10-15H2;2*1H. The Morgan fingerprint density at radius 3 is 2.27 bits per heavy atom. The van der Waals surface area contributed by atoms with Gasteiger partial charge in [-0.2, -0.15) is 9.97 Å². The summed E-state index contributed by atoms with van der Waals surface area (Å²) in [5, 5.41) is 0. The van der Waals surface area contributed by atoms with Crippen molar-refractivity contribution < 1.29 is 47.8 Å². The lowest BCUT2D eigenvalue weighted by atomic mass is 10.2. The van der Waals surface area contributed by atoms with Gasteiger partial charge in [0.2, 0.25) is 0 Å². The molecule has 0 unspecified atom stereocenters. The maximum atomic E-state index is 12.5. The van der Waals surface area contributed by atoms with E-state index in [1.165, 1.54) is 15.9 Å². The summed E-state index contributed by atoms with van der Waals surface area (Å²) in [5.74, 6) is 0.460. The average molecular weight is 474 g/mol. The van der Waals surface area contributed by atoms with Crippen LogP contribution in [0, 0.1) is 0 Å². The highest BCUT2D eigenvalue weighted by molar-refractivity contribution is 7.90. The van der Waals surface area contributed by atoms with Gasteiger partial charge in [0.25, 0.3) is 15.9 Å². The summed E-state index contributed by atoms with van der Waals surface area (Å²) in [6, 6.07) is 8.26. The van der Waals surface area contributed by atoms with Gasteiger partial charge in [-0.15, -0.1) is 0 Å². The van der Waals surface area contributed by atoms with Gasteiger partial charge < -0.3 is 29.7 Å². The molecule has 1 aromatic heterocycles. The van der Waals surface area contributed by atoms with Gasteiger partial charge in [0.05, 0.1) is 12.1 Å². The van der Waals surface area contributed by atoms with Gasteiger partial charge >= 0.3 is 5.95 Å². The molecule has 0 aliphatic carbocycles. The highest BCUT2D eigenvalue weighted by Gasteiger charge is 2.40. The molecule has 1 aromatic carbocycles. The first kappa shape index (κ1) is 24.5. The van der Waals surface area contributed by atoms with Crippen LogP contribution in [0.4, 0.5) is 5.95 Å². The van der Waals surface area contributed by atoms with Crippen LogP contribution in [0.25, 0.3) is 0 Å². The number of nitrogens with one attached hydrogen (secondary N) is 2. The highest BCUT2D eigenvalue weighted by Crippen LogP contribution is 2.29. The summed E-state index contributed by atoms with van der Waals surface area (Å²) in [6.45, 7) is 5.30.